The summed E-state index contributed by atoms with van der Waals surface area (Å²) < 4.78 is 5.24. The second-order valence-corrected chi connectivity index (χ2v) is 3.39. The maximum absolute atomic E-state index is 11.5. The van der Waals surface area contributed by atoms with E-state index in [-0.39, 0.29) is 5.91 Å². The Kier molecular flexibility index (Phi) is 5.15. The van der Waals surface area contributed by atoms with Crippen LogP contribution in [0, 0.1) is 0 Å². The molecule has 0 fully saturated rings. The van der Waals surface area contributed by atoms with Crippen molar-refractivity contribution < 1.29 is 9.53 Å². The van der Waals surface area contributed by atoms with Crippen molar-refractivity contribution in [2.75, 3.05) is 19.8 Å². The minimum atomic E-state index is -0.195. The quantitative estimate of drug-likeness (QED) is 0.570. The van der Waals surface area contributed by atoms with E-state index in [4.69, 9.17) is 4.74 Å². The fraction of sp³-hybridized carbons (Fsp3) is 0.364. The van der Waals surface area contributed by atoms with Gasteiger partial charge in [0.15, 0.2) is 0 Å². The fourth-order valence-corrected chi connectivity index (χ4v) is 1.00. The van der Waals surface area contributed by atoms with Crippen LogP contribution in [0.5, 0.6) is 0 Å². The zero-order valence-corrected chi connectivity index (χ0v) is 9.27. The number of hydrogen-bond acceptors (Lipinski definition) is 4. The van der Waals surface area contributed by atoms with Gasteiger partial charge in [0.2, 0.25) is 0 Å². The van der Waals surface area contributed by atoms with E-state index in [9.17, 15) is 4.79 Å². The lowest BCUT2D eigenvalue weighted by atomic mass is 10.3. The average molecular weight is 221 g/mol. The van der Waals surface area contributed by atoms with Gasteiger partial charge in [-0.2, -0.15) is 0 Å². The molecule has 5 nitrogen and oxygen atoms in total. The molecule has 0 aromatic carbocycles. The molecule has 0 radical (unpaired) electrons. The molecule has 0 atom stereocenters. The summed E-state index contributed by atoms with van der Waals surface area (Å²) in [4.78, 5) is 19.0. The van der Waals surface area contributed by atoms with Crippen molar-refractivity contribution in [1.82, 2.24) is 15.3 Å². The summed E-state index contributed by atoms with van der Waals surface area (Å²) in [7, 11) is 0. The van der Waals surface area contributed by atoms with E-state index in [0.717, 1.165) is 5.57 Å². The van der Waals surface area contributed by atoms with Crippen LogP contribution >= 0.6 is 0 Å². The molecular weight excluding hydrogens is 206 g/mol. The number of rotatable bonds is 6. The molecule has 0 aliphatic carbocycles. The number of amides is 1. The first kappa shape index (κ1) is 12.3. The third-order valence-corrected chi connectivity index (χ3v) is 1.70. The van der Waals surface area contributed by atoms with Gasteiger partial charge in [-0.15, -0.1) is 0 Å². The molecular formula is C11H15N3O2. The topological polar surface area (TPSA) is 64.1 Å². The van der Waals surface area contributed by atoms with Crippen LogP contribution in [-0.2, 0) is 4.74 Å². The Balaban J connectivity index is 2.19. The van der Waals surface area contributed by atoms with Gasteiger partial charge in [-0.25, -0.2) is 9.97 Å². The Morgan fingerprint density at radius 3 is 2.81 bits per heavy atom. The van der Waals surface area contributed by atoms with E-state index in [1.54, 1.807) is 0 Å². The van der Waals surface area contributed by atoms with Gasteiger partial charge in [-0.3, -0.25) is 4.79 Å². The zero-order valence-electron chi connectivity index (χ0n) is 9.27. The molecule has 1 heterocycles. The summed E-state index contributed by atoms with van der Waals surface area (Å²) in [5.41, 5.74) is 1.41. The standard InChI is InChI=1S/C11H15N3O2/c1-9(2)7-16-4-3-14-11(15)10-5-12-8-13-6-10/h5-6,8H,1,3-4,7H2,2H3,(H,14,15). The van der Waals surface area contributed by atoms with Gasteiger partial charge in [-0.1, -0.05) is 12.2 Å². The second-order valence-electron chi connectivity index (χ2n) is 3.39. The predicted octanol–water partition coefficient (Wildman–Crippen LogP) is 0.799. The third-order valence-electron chi connectivity index (χ3n) is 1.70. The van der Waals surface area contributed by atoms with Crippen molar-refractivity contribution in [2.24, 2.45) is 0 Å². The van der Waals surface area contributed by atoms with E-state index in [1.807, 2.05) is 6.92 Å². The average Bonchev–Trinajstić information content (AvgIpc) is 2.29. The molecule has 0 aliphatic heterocycles. The van der Waals surface area contributed by atoms with Crippen LogP contribution in [0.15, 0.2) is 30.9 Å². The molecule has 16 heavy (non-hydrogen) atoms. The monoisotopic (exact) mass is 221 g/mol. The van der Waals surface area contributed by atoms with Crippen LogP contribution in [-0.4, -0.2) is 35.6 Å². The number of nitrogens with zero attached hydrogens (tertiary/aromatic N) is 2. The van der Waals surface area contributed by atoms with Crippen molar-refractivity contribution in [3.63, 3.8) is 0 Å². The molecule has 1 N–H and O–H groups in total. The Morgan fingerprint density at radius 2 is 2.19 bits per heavy atom. The first-order valence-corrected chi connectivity index (χ1v) is 4.95. The molecule has 1 rings (SSSR count). The van der Waals surface area contributed by atoms with Gasteiger partial charge in [0.25, 0.3) is 5.91 Å². The maximum Gasteiger partial charge on any atom is 0.254 e. The summed E-state index contributed by atoms with van der Waals surface area (Å²) >= 11 is 0. The summed E-state index contributed by atoms with van der Waals surface area (Å²) in [6, 6.07) is 0. The lowest BCUT2D eigenvalue weighted by molar-refractivity contribution is 0.0926. The van der Waals surface area contributed by atoms with Gasteiger partial charge in [0, 0.05) is 18.9 Å². The van der Waals surface area contributed by atoms with Crippen LogP contribution < -0.4 is 5.32 Å². The molecule has 1 amide bonds. The molecule has 1 aromatic rings. The van der Waals surface area contributed by atoms with Crippen LogP contribution in [0.2, 0.25) is 0 Å². The number of hydrogen-bond donors (Lipinski definition) is 1. The van der Waals surface area contributed by atoms with E-state index < -0.39 is 0 Å². The summed E-state index contributed by atoms with van der Waals surface area (Å²) in [5.74, 6) is -0.195. The van der Waals surface area contributed by atoms with Crippen LogP contribution in [0.25, 0.3) is 0 Å². The highest BCUT2D eigenvalue weighted by Gasteiger charge is 2.03. The van der Waals surface area contributed by atoms with Gasteiger partial charge in [0.05, 0.1) is 18.8 Å². The van der Waals surface area contributed by atoms with Crippen molar-refractivity contribution in [2.45, 2.75) is 6.92 Å². The highest BCUT2D eigenvalue weighted by molar-refractivity contribution is 5.93. The molecule has 5 heteroatoms. The summed E-state index contributed by atoms with van der Waals surface area (Å²) in [6.45, 7) is 7.04. The van der Waals surface area contributed by atoms with Crippen molar-refractivity contribution in [1.29, 1.82) is 0 Å². The lowest BCUT2D eigenvalue weighted by Crippen LogP contribution is -2.27. The largest absolute Gasteiger partial charge is 0.375 e. The van der Waals surface area contributed by atoms with Crippen LogP contribution in [0.4, 0.5) is 0 Å². The van der Waals surface area contributed by atoms with Gasteiger partial charge in [-0.05, 0) is 6.92 Å². The highest BCUT2D eigenvalue weighted by Crippen LogP contribution is 1.92. The molecule has 0 spiro atoms. The van der Waals surface area contributed by atoms with Gasteiger partial charge >= 0.3 is 0 Å². The van der Waals surface area contributed by atoms with E-state index in [0.29, 0.717) is 25.3 Å². The maximum atomic E-state index is 11.5. The molecule has 0 unspecified atom stereocenters. The second kappa shape index (κ2) is 6.68. The van der Waals surface area contributed by atoms with E-state index in [2.05, 4.69) is 21.9 Å². The molecule has 0 saturated carbocycles. The molecule has 1 aromatic heterocycles. The van der Waals surface area contributed by atoms with E-state index in [1.165, 1.54) is 18.7 Å². The molecule has 86 valence electrons. The number of ether oxygens (including phenoxy) is 1. The zero-order chi connectivity index (χ0) is 11.8. The summed E-state index contributed by atoms with van der Waals surface area (Å²) in [6.07, 6.45) is 4.32. The molecule has 0 saturated heterocycles. The fourth-order valence-electron chi connectivity index (χ4n) is 1.00. The Hall–Kier alpha value is -1.75. The minimum absolute atomic E-state index is 0.195. The Morgan fingerprint density at radius 1 is 1.50 bits per heavy atom. The van der Waals surface area contributed by atoms with Crippen LogP contribution in [0.1, 0.15) is 17.3 Å². The smallest absolute Gasteiger partial charge is 0.254 e. The number of carbonyl (C=O) groups excluding carboxylic acids is 1. The lowest BCUT2D eigenvalue weighted by Gasteiger charge is -2.05. The number of carbonyl (C=O) groups is 1. The van der Waals surface area contributed by atoms with Crippen molar-refractivity contribution in [3.05, 3.63) is 36.4 Å². The normalized spacial score (nSPS) is 9.81. The van der Waals surface area contributed by atoms with Gasteiger partial charge < -0.3 is 10.1 Å². The van der Waals surface area contributed by atoms with E-state index >= 15 is 0 Å². The Bertz CT molecular complexity index is 352. The third kappa shape index (κ3) is 4.65. The first-order chi connectivity index (χ1) is 7.70. The Labute approximate surface area is 94.6 Å². The van der Waals surface area contributed by atoms with Crippen molar-refractivity contribution >= 4 is 5.91 Å². The number of aromatic nitrogens is 2. The minimum Gasteiger partial charge on any atom is -0.375 e. The summed E-state index contributed by atoms with van der Waals surface area (Å²) in [5, 5.41) is 2.70. The van der Waals surface area contributed by atoms with Crippen LogP contribution in [0.3, 0.4) is 0 Å². The molecule has 0 bridgehead atoms. The highest BCUT2D eigenvalue weighted by atomic mass is 16.5. The van der Waals surface area contributed by atoms with Crippen molar-refractivity contribution in [3.8, 4) is 0 Å². The number of nitrogens with one attached hydrogen (secondary N) is 1. The first-order valence-electron chi connectivity index (χ1n) is 4.95. The predicted molar refractivity (Wildman–Crippen MR) is 60.0 cm³/mol. The molecule has 0 aliphatic rings. The van der Waals surface area contributed by atoms with Gasteiger partial charge in [0.1, 0.15) is 6.33 Å². The SMILES string of the molecule is C=C(C)COCCNC(=O)c1cncnc1.